The number of carbonyl (C=O) groups is 1. The lowest BCUT2D eigenvalue weighted by atomic mass is 10.0. The van der Waals surface area contributed by atoms with E-state index in [9.17, 15) is 14.9 Å². The number of hydrogen-bond acceptors (Lipinski definition) is 4. The average molecular weight is 278 g/mol. The number of nitro benzene ring substituents is 1. The molecule has 6 heteroatoms. The Hall–Kier alpha value is -2.11. The minimum Gasteiger partial charge on any atom is -0.477 e. The van der Waals surface area contributed by atoms with Crippen molar-refractivity contribution >= 4 is 17.3 Å². The number of aromatic carboxylic acids is 1. The minimum atomic E-state index is -1.30. The number of nitrogens with zero attached hydrogens (tertiary/aromatic N) is 1. The van der Waals surface area contributed by atoms with Crippen molar-refractivity contribution in [1.82, 2.24) is 0 Å². The fraction of sp³-hybridized carbons (Fsp3) is 0.500. The van der Waals surface area contributed by atoms with E-state index in [4.69, 9.17) is 5.11 Å². The molecule has 1 saturated carbocycles. The normalized spacial score (nSPS) is 19.4. The van der Waals surface area contributed by atoms with Gasteiger partial charge in [-0.15, -0.1) is 0 Å². The predicted molar refractivity (Wildman–Crippen MR) is 75.0 cm³/mol. The highest BCUT2D eigenvalue weighted by molar-refractivity contribution is 5.93. The molecule has 0 unspecified atom stereocenters. The van der Waals surface area contributed by atoms with Gasteiger partial charge in [0.15, 0.2) is 0 Å². The lowest BCUT2D eigenvalue weighted by molar-refractivity contribution is -0.385. The maximum atomic E-state index is 11.0. The fourth-order valence-electron chi connectivity index (χ4n) is 2.68. The van der Waals surface area contributed by atoms with Crippen LogP contribution in [0.3, 0.4) is 0 Å². The second kappa shape index (κ2) is 4.19. The Morgan fingerprint density at radius 2 is 1.85 bits per heavy atom. The van der Waals surface area contributed by atoms with Crippen molar-refractivity contribution in [3.8, 4) is 0 Å². The van der Waals surface area contributed by atoms with Crippen molar-refractivity contribution in [1.29, 1.82) is 0 Å². The monoisotopic (exact) mass is 278 g/mol. The molecule has 1 aliphatic carbocycles. The van der Waals surface area contributed by atoms with Crippen LogP contribution < -0.4 is 5.32 Å². The molecule has 0 bridgehead atoms. The van der Waals surface area contributed by atoms with E-state index in [1.807, 2.05) is 0 Å². The molecule has 1 aromatic rings. The third-order valence-electron chi connectivity index (χ3n) is 4.76. The average Bonchev–Trinajstić information content (AvgIpc) is 2.71. The number of benzene rings is 1. The number of anilines is 1. The van der Waals surface area contributed by atoms with Crippen LogP contribution in [0.5, 0.6) is 0 Å². The SMILES string of the molecule is CC1(C)C(Nc2ccc(C(=O)O)c([N+](=O)[O-])c2)C1(C)C. The van der Waals surface area contributed by atoms with Crippen LogP contribution >= 0.6 is 0 Å². The molecule has 0 heterocycles. The van der Waals surface area contributed by atoms with Gasteiger partial charge in [0.2, 0.25) is 0 Å². The topological polar surface area (TPSA) is 92.5 Å². The van der Waals surface area contributed by atoms with Crippen LogP contribution in [-0.2, 0) is 0 Å². The van der Waals surface area contributed by atoms with Gasteiger partial charge in [0.05, 0.1) is 4.92 Å². The summed E-state index contributed by atoms with van der Waals surface area (Å²) in [5.74, 6) is -1.30. The standard InChI is InChI=1S/C14H18N2O4/c1-13(2)12(14(13,3)4)15-8-5-6-9(11(17)18)10(7-8)16(19)20/h5-7,12,15H,1-4H3,(H,17,18). The summed E-state index contributed by atoms with van der Waals surface area (Å²) in [4.78, 5) is 21.2. The summed E-state index contributed by atoms with van der Waals surface area (Å²) >= 11 is 0. The summed E-state index contributed by atoms with van der Waals surface area (Å²) in [6, 6.07) is 4.32. The molecule has 0 aliphatic heterocycles. The molecule has 20 heavy (non-hydrogen) atoms. The zero-order chi connectivity index (χ0) is 15.3. The molecule has 0 amide bonds. The van der Waals surface area contributed by atoms with Gasteiger partial charge < -0.3 is 10.4 Å². The van der Waals surface area contributed by atoms with Gasteiger partial charge in [-0.1, -0.05) is 27.7 Å². The first kappa shape index (κ1) is 14.3. The number of rotatable bonds is 4. The third kappa shape index (κ3) is 2.01. The Balaban J connectivity index is 2.30. The molecule has 0 spiro atoms. The van der Waals surface area contributed by atoms with Crippen LogP contribution in [0.4, 0.5) is 11.4 Å². The quantitative estimate of drug-likeness (QED) is 0.652. The van der Waals surface area contributed by atoms with Crippen LogP contribution in [0.25, 0.3) is 0 Å². The van der Waals surface area contributed by atoms with Crippen LogP contribution in [0, 0.1) is 20.9 Å². The highest BCUT2D eigenvalue weighted by Crippen LogP contribution is 2.63. The second-order valence-electron chi connectivity index (χ2n) is 6.31. The summed E-state index contributed by atoms with van der Waals surface area (Å²) in [6.07, 6.45) is 0. The van der Waals surface area contributed by atoms with Gasteiger partial charge in [-0.25, -0.2) is 4.79 Å². The lowest BCUT2D eigenvalue weighted by Crippen LogP contribution is -2.11. The Bertz CT molecular complexity index is 579. The highest BCUT2D eigenvalue weighted by Gasteiger charge is 2.64. The molecule has 1 aromatic carbocycles. The molecule has 108 valence electrons. The van der Waals surface area contributed by atoms with E-state index in [0.29, 0.717) is 5.69 Å². The Labute approximate surface area is 117 Å². The maximum absolute atomic E-state index is 11.0. The van der Waals surface area contributed by atoms with Crippen molar-refractivity contribution in [2.24, 2.45) is 10.8 Å². The maximum Gasteiger partial charge on any atom is 0.342 e. The van der Waals surface area contributed by atoms with Gasteiger partial charge >= 0.3 is 5.97 Å². The van der Waals surface area contributed by atoms with Crippen LogP contribution in [0.1, 0.15) is 38.1 Å². The van der Waals surface area contributed by atoms with E-state index in [2.05, 4.69) is 33.0 Å². The fourth-order valence-corrected chi connectivity index (χ4v) is 2.68. The molecule has 2 N–H and O–H groups in total. The molecule has 1 aliphatic rings. The van der Waals surface area contributed by atoms with Gasteiger partial charge in [-0.3, -0.25) is 10.1 Å². The first-order valence-electron chi connectivity index (χ1n) is 6.37. The lowest BCUT2D eigenvalue weighted by Gasteiger charge is -2.09. The molecular weight excluding hydrogens is 260 g/mol. The zero-order valence-electron chi connectivity index (χ0n) is 11.9. The van der Waals surface area contributed by atoms with Gasteiger partial charge in [-0.2, -0.15) is 0 Å². The molecule has 2 rings (SSSR count). The number of carboxylic acids is 1. The molecular formula is C14H18N2O4. The summed E-state index contributed by atoms with van der Waals surface area (Å²) in [6.45, 7) is 8.52. The van der Waals surface area contributed by atoms with E-state index in [1.165, 1.54) is 12.1 Å². The largest absolute Gasteiger partial charge is 0.477 e. The molecule has 0 atom stereocenters. The van der Waals surface area contributed by atoms with Crippen LogP contribution in [0.15, 0.2) is 18.2 Å². The third-order valence-corrected chi connectivity index (χ3v) is 4.76. The summed E-state index contributed by atoms with van der Waals surface area (Å²) in [5.41, 5.74) is 0.0690. The summed E-state index contributed by atoms with van der Waals surface area (Å²) in [7, 11) is 0. The Morgan fingerprint density at radius 1 is 1.30 bits per heavy atom. The highest BCUT2D eigenvalue weighted by atomic mass is 16.6. The number of nitro groups is 1. The minimum absolute atomic E-state index is 0.0905. The summed E-state index contributed by atoms with van der Waals surface area (Å²) < 4.78 is 0. The zero-order valence-corrected chi connectivity index (χ0v) is 11.9. The molecule has 6 nitrogen and oxygen atoms in total. The molecule has 0 saturated heterocycles. The molecule has 0 radical (unpaired) electrons. The number of hydrogen-bond donors (Lipinski definition) is 2. The second-order valence-corrected chi connectivity index (χ2v) is 6.31. The number of nitrogens with one attached hydrogen (secondary N) is 1. The van der Waals surface area contributed by atoms with Gasteiger partial charge in [0.25, 0.3) is 5.69 Å². The van der Waals surface area contributed by atoms with Crippen LogP contribution in [0.2, 0.25) is 0 Å². The first-order valence-corrected chi connectivity index (χ1v) is 6.37. The summed E-state index contributed by atoms with van der Waals surface area (Å²) in [5, 5.41) is 23.2. The van der Waals surface area contributed by atoms with Crippen molar-refractivity contribution in [2.75, 3.05) is 5.32 Å². The van der Waals surface area contributed by atoms with E-state index < -0.39 is 16.6 Å². The van der Waals surface area contributed by atoms with Gasteiger partial charge in [0.1, 0.15) is 5.56 Å². The van der Waals surface area contributed by atoms with E-state index in [0.717, 1.165) is 0 Å². The van der Waals surface area contributed by atoms with E-state index >= 15 is 0 Å². The van der Waals surface area contributed by atoms with E-state index in [-0.39, 0.29) is 22.4 Å². The molecule has 1 fully saturated rings. The Kier molecular flexibility index (Phi) is 3.00. The van der Waals surface area contributed by atoms with Crippen molar-refractivity contribution < 1.29 is 14.8 Å². The van der Waals surface area contributed by atoms with Crippen molar-refractivity contribution in [3.05, 3.63) is 33.9 Å². The first-order chi connectivity index (χ1) is 9.09. The van der Waals surface area contributed by atoms with E-state index in [1.54, 1.807) is 6.07 Å². The smallest absolute Gasteiger partial charge is 0.342 e. The van der Waals surface area contributed by atoms with Gasteiger partial charge in [-0.05, 0) is 23.0 Å². The van der Waals surface area contributed by atoms with Gasteiger partial charge in [0, 0.05) is 17.8 Å². The predicted octanol–water partition coefficient (Wildman–Crippen LogP) is 3.14. The van der Waals surface area contributed by atoms with Crippen molar-refractivity contribution in [3.63, 3.8) is 0 Å². The van der Waals surface area contributed by atoms with Crippen LogP contribution in [-0.4, -0.2) is 22.0 Å². The molecule has 0 aromatic heterocycles. The number of carboxylic acid groups (broad SMARTS) is 1. The Morgan fingerprint density at radius 3 is 2.25 bits per heavy atom. The van der Waals surface area contributed by atoms with Crippen molar-refractivity contribution in [2.45, 2.75) is 33.7 Å².